The Morgan fingerprint density at radius 1 is 1.15 bits per heavy atom. The van der Waals surface area contributed by atoms with Crippen LogP contribution in [-0.2, 0) is 17.9 Å². The maximum absolute atomic E-state index is 12.8. The maximum Gasteiger partial charge on any atom is 0.246 e. The molecular formula is C22H25ClN8O2. The molecule has 0 radical (unpaired) electrons. The van der Waals surface area contributed by atoms with E-state index in [1.807, 2.05) is 23.1 Å². The zero-order valence-electron chi connectivity index (χ0n) is 18.6. The molecule has 1 fully saturated rings. The summed E-state index contributed by atoms with van der Waals surface area (Å²) in [7, 11) is 1.57. The van der Waals surface area contributed by atoms with Crippen molar-refractivity contribution >= 4 is 23.6 Å². The monoisotopic (exact) mass is 468 g/mol. The van der Waals surface area contributed by atoms with Crippen LogP contribution in [0, 0.1) is 6.92 Å². The average molecular weight is 469 g/mol. The number of halogens is 1. The highest BCUT2D eigenvalue weighted by Gasteiger charge is 2.20. The van der Waals surface area contributed by atoms with Gasteiger partial charge in [0.25, 0.3) is 0 Å². The van der Waals surface area contributed by atoms with Crippen molar-refractivity contribution in [2.45, 2.75) is 20.0 Å². The summed E-state index contributed by atoms with van der Waals surface area (Å²) in [5, 5.41) is 12.7. The molecule has 1 saturated heterocycles. The molecule has 0 N–H and O–H groups in total. The van der Waals surface area contributed by atoms with E-state index in [1.54, 1.807) is 38.6 Å². The summed E-state index contributed by atoms with van der Waals surface area (Å²) in [5.41, 5.74) is 2.68. The molecule has 2 aromatic heterocycles. The number of aromatic nitrogens is 6. The lowest BCUT2D eigenvalue weighted by Gasteiger charge is -2.33. The van der Waals surface area contributed by atoms with Crippen LogP contribution in [-0.4, -0.2) is 79.2 Å². The summed E-state index contributed by atoms with van der Waals surface area (Å²) in [5.74, 6) is 1.08. The second-order valence-electron chi connectivity index (χ2n) is 7.70. The van der Waals surface area contributed by atoms with E-state index in [-0.39, 0.29) is 5.91 Å². The molecule has 1 aliphatic rings. The van der Waals surface area contributed by atoms with Gasteiger partial charge in [-0.15, -0.1) is 10.2 Å². The predicted molar refractivity (Wildman–Crippen MR) is 123 cm³/mol. The molecule has 3 heterocycles. The third kappa shape index (κ3) is 6.11. The fourth-order valence-electron chi connectivity index (χ4n) is 3.57. The first-order valence-corrected chi connectivity index (χ1v) is 10.9. The second-order valence-corrected chi connectivity index (χ2v) is 8.13. The molecule has 1 aliphatic heterocycles. The van der Waals surface area contributed by atoms with Crippen molar-refractivity contribution in [1.29, 1.82) is 0 Å². The minimum absolute atomic E-state index is 0.0190. The Bertz CT molecular complexity index is 1120. The van der Waals surface area contributed by atoms with Crippen molar-refractivity contribution in [1.82, 2.24) is 40.0 Å². The minimum Gasteiger partial charge on any atom is -0.480 e. The standard InChI is InChI=1S/C22H25ClN8O2/c1-16-26-28-31(27-16)14-18-11-19(23)5-3-17(18)4-6-22(32)30-9-7-29(8-10-30)15-20-12-25-21(33-2)13-24-20/h3-6,11-13H,7-10,14-15H2,1-2H3. The van der Waals surface area contributed by atoms with Crippen LogP contribution >= 0.6 is 11.6 Å². The van der Waals surface area contributed by atoms with Gasteiger partial charge in [-0.05, 0) is 41.5 Å². The Hall–Kier alpha value is -3.37. The largest absolute Gasteiger partial charge is 0.480 e. The lowest BCUT2D eigenvalue weighted by Crippen LogP contribution is -2.47. The average Bonchev–Trinajstić information content (AvgIpc) is 3.24. The number of hydrogen-bond acceptors (Lipinski definition) is 8. The number of nitrogens with zero attached hydrogens (tertiary/aromatic N) is 8. The van der Waals surface area contributed by atoms with Crippen LogP contribution in [0.2, 0.25) is 5.02 Å². The number of carbonyl (C=O) groups is 1. The predicted octanol–water partition coefficient (Wildman–Crippen LogP) is 1.84. The Morgan fingerprint density at radius 2 is 1.97 bits per heavy atom. The molecule has 0 bridgehead atoms. The summed E-state index contributed by atoms with van der Waals surface area (Å²) in [6.45, 7) is 5.75. The fourth-order valence-corrected chi connectivity index (χ4v) is 3.76. The fraction of sp³-hybridized carbons (Fsp3) is 0.364. The summed E-state index contributed by atoms with van der Waals surface area (Å²) in [6, 6.07) is 5.54. The number of rotatable bonds is 7. The van der Waals surface area contributed by atoms with Crippen LogP contribution in [0.25, 0.3) is 6.08 Å². The lowest BCUT2D eigenvalue weighted by molar-refractivity contribution is -0.127. The van der Waals surface area contributed by atoms with Gasteiger partial charge in [0.1, 0.15) is 0 Å². The first kappa shape index (κ1) is 22.8. The van der Waals surface area contributed by atoms with E-state index in [9.17, 15) is 4.79 Å². The SMILES string of the molecule is COc1cnc(CN2CCN(C(=O)C=Cc3ccc(Cl)cc3Cn3nnc(C)n3)CC2)cn1. The third-order valence-corrected chi connectivity index (χ3v) is 5.57. The zero-order valence-corrected chi connectivity index (χ0v) is 19.3. The molecule has 0 aliphatic carbocycles. The minimum atomic E-state index is -0.0190. The van der Waals surface area contributed by atoms with E-state index >= 15 is 0 Å². The summed E-state index contributed by atoms with van der Waals surface area (Å²) in [4.78, 5) is 26.9. The van der Waals surface area contributed by atoms with E-state index in [2.05, 4.69) is 30.3 Å². The third-order valence-electron chi connectivity index (χ3n) is 5.34. The van der Waals surface area contributed by atoms with E-state index < -0.39 is 0 Å². The topological polar surface area (TPSA) is 102 Å². The number of tetrazole rings is 1. The van der Waals surface area contributed by atoms with Gasteiger partial charge in [0.2, 0.25) is 11.8 Å². The van der Waals surface area contributed by atoms with Gasteiger partial charge >= 0.3 is 0 Å². The maximum atomic E-state index is 12.8. The van der Waals surface area contributed by atoms with Gasteiger partial charge in [0.05, 0.1) is 31.7 Å². The van der Waals surface area contributed by atoms with Crippen molar-refractivity contribution in [2.75, 3.05) is 33.3 Å². The number of carbonyl (C=O) groups excluding carboxylic acids is 1. The smallest absolute Gasteiger partial charge is 0.246 e. The van der Waals surface area contributed by atoms with Crippen molar-refractivity contribution < 1.29 is 9.53 Å². The van der Waals surface area contributed by atoms with E-state index in [0.29, 0.717) is 42.9 Å². The lowest BCUT2D eigenvalue weighted by atomic mass is 10.1. The van der Waals surface area contributed by atoms with Crippen LogP contribution < -0.4 is 4.74 Å². The van der Waals surface area contributed by atoms with E-state index in [1.165, 1.54) is 4.80 Å². The number of ether oxygens (including phenoxy) is 1. The summed E-state index contributed by atoms with van der Waals surface area (Å²) in [6.07, 6.45) is 6.76. The van der Waals surface area contributed by atoms with Crippen LogP contribution in [0.1, 0.15) is 22.6 Å². The Balaban J connectivity index is 1.33. The number of methoxy groups -OCH3 is 1. The molecule has 0 atom stereocenters. The molecule has 33 heavy (non-hydrogen) atoms. The Morgan fingerprint density at radius 3 is 2.64 bits per heavy atom. The summed E-state index contributed by atoms with van der Waals surface area (Å²) < 4.78 is 5.04. The highest BCUT2D eigenvalue weighted by molar-refractivity contribution is 6.30. The van der Waals surface area contributed by atoms with Crippen molar-refractivity contribution in [2.24, 2.45) is 0 Å². The second kappa shape index (κ2) is 10.5. The van der Waals surface area contributed by atoms with Crippen molar-refractivity contribution in [3.8, 4) is 5.88 Å². The van der Waals surface area contributed by atoms with Crippen molar-refractivity contribution in [3.05, 3.63) is 64.3 Å². The van der Waals surface area contributed by atoms with Gasteiger partial charge in [-0.3, -0.25) is 14.7 Å². The van der Waals surface area contributed by atoms with E-state index in [4.69, 9.17) is 16.3 Å². The molecule has 172 valence electrons. The Labute approximate surface area is 196 Å². The molecule has 10 nitrogen and oxygen atoms in total. The molecule has 0 spiro atoms. The number of amides is 1. The highest BCUT2D eigenvalue weighted by Crippen LogP contribution is 2.19. The van der Waals surface area contributed by atoms with Gasteiger partial charge in [-0.1, -0.05) is 17.7 Å². The molecule has 0 saturated carbocycles. The quantitative estimate of drug-likeness (QED) is 0.484. The number of hydrogen-bond donors (Lipinski definition) is 0. The first-order chi connectivity index (χ1) is 16.0. The number of benzene rings is 1. The Kier molecular flexibility index (Phi) is 7.26. The molecule has 11 heteroatoms. The summed E-state index contributed by atoms with van der Waals surface area (Å²) >= 11 is 6.18. The van der Waals surface area contributed by atoms with Crippen LogP contribution in [0.5, 0.6) is 5.88 Å². The molecule has 4 rings (SSSR count). The van der Waals surface area contributed by atoms with Gasteiger partial charge in [0, 0.05) is 43.8 Å². The van der Waals surface area contributed by atoms with Crippen LogP contribution in [0.15, 0.2) is 36.7 Å². The van der Waals surface area contributed by atoms with Gasteiger partial charge in [-0.25, -0.2) is 4.98 Å². The molecule has 1 amide bonds. The molecule has 3 aromatic rings. The highest BCUT2D eigenvalue weighted by atomic mass is 35.5. The van der Waals surface area contributed by atoms with Gasteiger partial charge in [0.15, 0.2) is 5.82 Å². The van der Waals surface area contributed by atoms with Crippen molar-refractivity contribution in [3.63, 3.8) is 0 Å². The normalized spacial score (nSPS) is 14.7. The molecule has 0 unspecified atom stereocenters. The zero-order chi connectivity index (χ0) is 23.2. The number of piperazine rings is 1. The van der Waals surface area contributed by atoms with Crippen LogP contribution in [0.4, 0.5) is 0 Å². The molecular weight excluding hydrogens is 444 g/mol. The van der Waals surface area contributed by atoms with Gasteiger partial charge in [-0.2, -0.15) is 4.80 Å². The van der Waals surface area contributed by atoms with Crippen LogP contribution in [0.3, 0.4) is 0 Å². The molecule has 1 aromatic carbocycles. The first-order valence-electron chi connectivity index (χ1n) is 10.6. The van der Waals surface area contributed by atoms with Gasteiger partial charge < -0.3 is 9.64 Å². The van der Waals surface area contributed by atoms with E-state index in [0.717, 1.165) is 29.9 Å². The number of aryl methyl sites for hydroxylation is 1.